The van der Waals surface area contributed by atoms with E-state index in [-0.39, 0.29) is 11.5 Å². The smallest absolute Gasteiger partial charge is 0.269 e. The second-order valence-corrected chi connectivity index (χ2v) is 4.52. The van der Waals surface area contributed by atoms with Gasteiger partial charge in [0.15, 0.2) is 5.78 Å². The molecule has 2 aromatic rings. The molecule has 0 atom stereocenters. The third-order valence-electron chi connectivity index (χ3n) is 2.71. The quantitative estimate of drug-likeness (QED) is 0.373. The third-order valence-corrected chi connectivity index (χ3v) is 3.36. The summed E-state index contributed by atoms with van der Waals surface area (Å²) in [7, 11) is 0. The lowest BCUT2D eigenvalue weighted by atomic mass is 10.0. The van der Waals surface area contributed by atoms with Gasteiger partial charge in [-0.05, 0) is 17.7 Å². The molecule has 0 N–H and O–H groups in total. The average molecular weight is 320 g/mol. The lowest BCUT2D eigenvalue weighted by Gasteiger charge is -2.02. The summed E-state index contributed by atoms with van der Waals surface area (Å²) in [5, 5.41) is 11.3. The highest BCUT2D eigenvalue weighted by atomic mass is 79.9. The number of nitrogens with zero attached hydrogens (tertiary/aromatic N) is 1. The molecule has 0 amide bonds. The number of nitro benzene ring substituents is 1. The van der Waals surface area contributed by atoms with Crippen LogP contribution in [0.1, 0.15) is 21.5 Å². The number of carbonyl (C=O) groups excluding carboxylic acids is 1. The van der Waals surface area contributed by atoms with Gasteiger partial charge in [-0.15, -0.1) is 0 Å². The summed E-state index contributed by atoms with van der Waals surface area (Å²) in [6.45, 7) is 0. The van der Waals surface area contributed by atoms with Gasteiger partial charge in [0.1, 0.15) is 0 Å². The lowest BCUT2D eigenvalue weighted by Crippen LogP contribution is -2.01. The predicted octanol–water partition coefficient (Wildman–Crippen LogP) is 3.72. The Morgan fingerprint density at radius 2 is 1.47 bits per heavy atom. The molecule has 96 valence electrons. The van der Waals surface area contributed by atoms with Crippen LogP contribution < -0.4 is 0 Å². The Morgan fingerprint density at radius 1 is 1.00 bits per heavy atom. The number of rotatable bonds is 4. The highest BCUT2D eigenvalue weighted by Gasteiger charge is 2.11. The van der Waals surface area contributed by atoms with E-state index in [1.54, 1.807) is 12.1 Å². The number of carbonyl (C=O) groups is 1. The standard InChI is InChI=1S/C14H10BrNO3/c15-9-10-1-3-11(4-2-10)14(17)12-5-7-13(8-6-12)16(18)19/h1-8H,9H2. The molecule has 0 aliphatic heterocycles. The molecule has 19 heavy (non-hydrogen) atoms. The minimum atomic E-state index is -0.487. The predicted molar refractivity (Wildman–Crippen MR) is 75.6 cm³/mol. The molecule has 0 fully saturated rings. The fourth-order valence-electron chi connectivity index (χ4n) is 1.65. The first kappa shape index (κ1) is 13.4. The van der Waals surface area contributed by atoms with Crippen molar-refractivity contribution in [2.24, 2.45) is 0 Å². The van der Waals surface area contributed by atoms with Crippen molar-refractivity contribution < 1.29 is 9.72 Å². The minimum absolute atomic E-state index is 0.0220. The Bertz CT molecular complexity index is 606. The van der Waals surface area contributed by atoms with Crippen molar-refractivity contribution in [1.29, 1.82) is 0 Å². The van der Waals surface area contributed by atoms with Gasteiger partial charge in [0.25, 0.3) is 5.69 Å². The Kier molecular flexibility index (Phi) is 4.06. The van der Waals surface area contributed by atoms with E-state index >= 15 is 0 Å². The Labute approximate surface area is 118 Å². The molecular formula is C14H10BrNO3. The van der Waals surface area contributed by atoms with Crippen LogP contribution in [0, 0.1) is 10.1 Å². The summed E-state index contributed by atoms with van der Waals surface area (Å²) in [4.78, 5) is 22.2. The summed E-state index contributed by atoms with van der Waals surface area (Å²) in [5.41, 5.74) is 2.07. The van der Waals surface area contributed by atoms with Gasteiger partial charge >= 0.3 is 0 Å². The van der Waals surface area contributed by atoms with E-state index in [1.165, 1.54) is 24.3 Å². The first-order chi connectivity index (χ1) is 9.11. The molecule has 0 bridgehead atoms. The molecule has 0 aliphatic rings. The van der Waals surface area contributed by atoms with Crippen molar-refractivity contribution in [3.05, 3.63) is 75.3 Å². The van der Waals surface area contributed by atoms with Crippen LogP contribution in [0.4, 0.5) is 5.69 Å². The van der Waals surface area contributed by atoms with E-state index in [2.05, 4.69) is 15.9 Å². The fourth-order valence-corrected chi connectivity index (χ4v) is 2.02. The summed E-state index contributed by atoms with van der Waals surface area (Å²) >= 11 is 3.34. The van der Waals surface area contributed by atoms with E-state index in [0.717, 1.165) is 10.9 Å². The van der Waals surface area contributed by atoms with Gasteiger partial charge in [0, 0.05) is 28.6 Å². The maximum absolute atomic E-state index is 12.1. The van der Waals surface area contributed by atoms with Crippen LogP contribution in [0.25, 0.3) is 0 Å². The molecule has 5 heteroatoms. The number of benzene rings is 2. The topological polar surface area (TPSA) is 60.2 Å². The second-order valence-electron chi connectivity index (χ2n) is 3.96. The van der Waals surface area contributed by atoms with E-state index in [4.69, 9.17) is 0 Å². The van der Waals surface area contributed by atoms with Gasteiger partial charge in [-0.1, -0.05) is 40.2 Å². The second kappa shape index (κ2) is 5.75. The molecule has 0 spiro atoms. The number of nitro groups is 1. The minimum Gasteiger partial charge on any atom is -0.289 e. The third kappa shape index (κ3) is 3.06. The van der Waals surface area contributed by atoms with E-state index in [9.17, 15) is 14.9 Å². The fraction of sp³-hybridized carbons (Fsp3) is 0.0714. The molecule has 0 saturated heterocycles. The molecule has 0 aliphatic carbocycles. The summed E-state index contributed by atoms with van der Waals surface area (Å²) in [6, 6.07) is 12.8. The summed E-state index contributed by atoms with van der Waals surface area (Å²) < 4.78 is 0. The normalized spacial score (nSPS) is 10.2. The van der Waals surface area contributed by atoms with Crippen molar-refractivity contribution in [2.75, 3.05) is 0 Å². The van der Waals surface area contributed by atoms with Crippen molar-refractivity contribution in [1.82, 2.24) is 0 Å². The maximum atomic E-state index is 12.1. The van der Waals surface area contributed by atoms with Crippen LogP contribution in [-0.4, -0.2) is 10.7 Å². The molecule has 0 aromatic heterocycles. The number of hydrogen-bond donors (Lipinski definition) is 0. The monoisotopic (exact) mass is 319 g/mol. The molecule has 0 radical (unpaired) electrons. The van der Waals surface area contributed by atoms with Crippen LogP contribution in [0.15, 0.2) is 48.5 Å². The lowest BCUT2D eigenvalue weighted by molar-refractivity contribution is -0.384. The van der Waals surface area contributed by atoms with Gasteiger partial charge in [0.05, 0.1) is 4.92 Å². The van der Waals surface area contributed by atoms with E-state index in [0.29, 0.717) is 11.1 Å². The van der Waals surface area contributed by atoms with Gasteiger partial charge in [-0.25, -0.2) is 0 Å². The number of hydrogen-bond acceptors (Lipinski definition) is 3. The molecule has 4 nitrogen and oxygen atoms in total. The Morgan fingerprint density at radius 3 is 1.89 bits per heavy atom. The number of alkyl halides is 1. The van der Waals surface area contributed by atoms with E-state index < -0.39 is 4.92 Å². The zero-order valence-corrected chi connectivity index (χ0v) is 11.5. The SMILES string of the molecule is O=C(c1ccc(CBr)cc1)c1ccc([N+](=O)[O-])cc1. The number of ketones is 1. The largest absolute Gasteiger partial charge is 0.289 e. The van der Waals surface area contributed by atoms with Gasteiger partial charge in [-0.3, -0.25) is 14.9 Å². The average Bonchev–Trinajstić information content (AvgIpc) is 2.46. The Hall–Kier alpha value is -2.01. The zero-order chi connectivity index (χ0) is 13.8. The number of halogens is 1. The molecule has 2 aromatic carbocycles. The van der Waals surface area contributed by atoms with Crippen molar-refractivity contribution in [3.8, 4) is 0 Å². The highest BCUT2D eigenvalue weighted by Crippen LogP contribution is 2.16. The van der Waals surface area contributed by atoms with Crippen LogP contribution >= 0.6 is 15.9 Å². The summed E-state index contributed by atoms with van der Waals surface area (Å²) in [6.07, 6.45) is 0. The van der Waals surface area contributed by atoms with Crippen molar-refractivity contribution in [2.45, 2.75) is 5.33 Å². The maximum Gasteiger partial charge on any atom is 0.269 e. The molecule has 0 saturated carbocycles. The van der Waals surface area contributed by atoms with Gasteiger partial charge in [-0.2, -0.15) is 0 Å². The van der Waals surface area contributed by atoms with Crippen LogP contribution in [0.3, 0.4) is 0 Å². The highest BCUT2D eigenvalue weighted by molar-refractivity contribution is 9.08. The molecular weight excluding hydrogens is 310 g/mol. The molecule has 2 rings (SSSR count). The van der Waals surface area contributed by atoms with Crippen molar-refractivity contribution in [3.63, 3.8) is 0 Å². The van der Waals surface area contributed by atoms with Crippen molar-refractivity contribution >= 4 is 27.4 Å². The van der Waals surface area contributed by atoms with Crippen LogP contribution in [0.2, 0.25) is 0 Å². The first-order valence-electron chi connectivity index (χ1n) is 5.56. The molecule has 0 unspecified atom stereocenters. The van der Waals surface area contributed by atoms with Crippen LogP contribution in [0.5, 0.6) is 0 Å². The zero-order valence-electron chi connectivity index (χ0n) is 9.88. The molecule has 0 heterocycles. The van der Waals surface area contributed by atoms with E-state index in [1.807, 2.05) is 12.1 Å². The summed E-state index contributed by atoms with van der Waals surface area (Å²) in [5.74, 6) is -0.143. The van der Waals surface area contributed by atoms with Gasteiger partial charge < -0.3 is 0 Å². The Balaban J connectivity index is 2.25. The number of non-ortho nitro benzene ring substituents is 1. The first-order valence-corrected chi connectivity index (χ1v) is 6.68. The van der Waals surface area contributed by atoms with Crippen LogP contribution in [-0.2, 0) is 5.33 Å². The van der Waals surface area contributed by atoms with Gasteiger partial charge in [0.2, 0.25) is 0 Å².